The van der Waals surface area contributed by atoms with Crippen LogP contribution in [-0.4, -0.2) is 81.0 Å². The Labute approximate surface area is 156 Å². The van der Waals surface area contributed by atoms with Crippen molar-refractivity contribution in [3.05, 3.63) is 16.6 Å². The molecule has 1 aromatic rings. The molecular formula is C17H24N4O4S. The number of nitrogens with zero attached hydrogens (tertiary/aromatic N) is 4. The average molecular weight is 380 g/mol. The molecule has 0 aliphatic carbocycles. The number of urea groups is 1. The molecule has 2 saturated heterocycles. The van der Waals surface area contributed by atoms with Crippen LogP contribution in [0.1, 0.15) is 36.4 Å². The second kappa shape index (κ2) is 7.32. The number of amides is 4. The topological polar surface area (TPSA) is 94.0 Å². The van der Waals surface area contributed by atoms with Gasteiger partial charge in [0.2, 0.25) is 0 Å². The van der Waals surface area contributed by atoms with E-state index in [2.05, 4.69) is 4.98 Å². The van der Waals surface area contributed by atoms with Crippen LogP contribution >= 0.6 is 11.3 Å². The maximum atomic E-state index is 13.0. The summed E-state index contributed by atoms with van der Waals surface area (Å²) in [6, 6.07) is -0.333. The van der Waals surface area contributed by atoms with E-state index in [4.69, 9.17) is 0 Å². The van der Waals surface area contributed by atoms with Gasteiger partial charge in [0, 0.05) is 19.6 Å². The van der Waals surface area contributed by atoms with E-state index in [1.54, 1.807) is 21.5 Å². The van der Waals surface area contributed by atoms with Crippen LogP contribution in [0, 0.1) is 5.92 Å². The number of likely N-dealkylation sites (tertiary alicyclic amines) is 1. The van der Waals surface area contributed by atoms with Gasteiger partial charge in [-0.05, 0) is 18.8 Å². The van der Waals surface area contributed by atoms with Crippen molar-refractivity contribution in [1.82, 2.24) is 19.7 Å². The fourth-order valence-electron chi connectivity index (χ4n) is 3.74. The van der Waals surface area contributed by atoms with Crippen LogP contribution in [0.4, 0.5) is 4.79 Å². The first-order chi connectivity index (χ1) is 12.4. The van der Waals surface area contributed by atoms with Crippen molar-refractivity contribution in [3.63, 3.8) is 0 Å². The Kier molecular flexibility index (Phi) is 5.29. The SMILES string of the molecule is CC(C)CN1C(=O)N(CCO)C(=O)C12CCN(C(=O)c1cncs1)CC2. The molecule has 0 unspecified atom stereocenters. The first-order valence-corrected chi connectivity index (χ1v) is 9.71. The van der Waals surface area contributed by atoms with Gasteiger partial charge in [0.1, 0.15) is 10.4 Å². The maximum Gasteiger partial charge on any atom is 0.327 e. The predicted molar refractivity (Wildman–Crippen MR) is 95.7 cm³/mol. The Hall–Kier alpha value is -2.00. The van der Waals surface area contributed by atoms with Gasteiger partial charge in [-0.2, -0.15) is 0 Å². The monoisotopic (exact) mass is 380 g/mol. The number of aromatic nitrogens is 1. The van der Waals surface area contributed by atoms with Crippen molar-refractivity contribution in [1.29, 1.82) is 0 Å². The lowest BCUT2D eigenvalue weighted by atomic mass is 9.85. The smallest absolute Gasteiger partial charge is 0.327 e. The minimum atomic E-state index is -0.902. The number of thiazole rings is 1. The molecule has 0 radical (unpaired) electrons. The molecule has 9 heteroatoms. The molecule has 0 saturated carbocycles. The lowest BCUT2D eigenvalue weighted by molar-refractivity contribution is -0.135. The minimum Gasteiger partial charge on any atom is -0.395 e. The second-order valence-electron chi connectivity index (χ2n) is 7.16. The summed E-state index contributed by atoms with van der Waals surface area (Å²) in [5, 5.41) is 9.22. The molecule has 8 nitrogen and oxygen atoms in total. The van der Waals surface area contributed by atoms with Crippen molar-refractivity contribution < 1.29 is 19.5 Å². The minimum absolute atomic E-state index is 0.0114. The van der Waals surface area contributed by atoms with Gasteiger partial charge in [0.05, 0.1) is 24.9 Å². The van der Waals surface area contributed by atoms with Crippen molar-refractivity contribution in [2.75, 3.05) is 32.8 Å². The fraction of sp³-hybridized carbons (Fsp3) is 0.647. The zero-order valence-corrected chi connectivity index (χ0v) is 15.9. The Morgan fingerprint density at radius 3 is 2.58 bits per heavy atom. The molecule has 26 heavy (non-hydrogen) atoms. The van der Waals surface area contributed by atoms with Crippen molar-refractivity contribution >= 4 is 29.2 Å². The van der Waals surface area contributed by atoms with Gasteiger partial charge in [-0.3, -0.25) is 19.5 Å². The lowest BCUT2D eigenvalue weighted by Crippen LogP contribution is -2.58. The van der Waals surface area contributed by atoms with Crippen LogP contribution in [0.15, 0.2) is 11.7 Å². The zero-order chi connectivity index (χ0) is 18.9. The van der Waals surface area contributed by atoms with Crippen LogP contribution in [0.2, 0.25) is 0 Å². The van der Waals surface area contributed by atoms with Gasteiger partial charge in [0.15, 0.2) is 0 Å². The number of carbonyl (C=O) groups is 3. The summed E-state index contributed by atoms with van der Waals surface area (Å²) < 4.78 is 0. The van der Waals surface area contributed by atoms with Gasteiger partial charge in [-0.15, -0.1) is 11.3 Å². The van der Waals surface area contributed by atoms with Gasteiger partial charge in [0.25, 0.3) is 11.8 Å². The van der Waals surface area contributed by atoms with E-state index in [9.17, 15) is 19.5 Å². The number of imide groups is 1. The van der Waals surface area contributed by atoms with Crippen LogP contribution in [-0.2, 0) is 4.79 Å². The normalized spacial score (nSPS) is 19.9. The fourth-order valence-corrected chi connectivity index (χ4v) is 4.33. The first kappa shape index (κ1) is 18.8. The highest BCUT2D eigenvalue weighted by molar-refractivity contribution is 7.11. The number of piperidine rings is 1. The van der Waals surface area contributed by atoms with E-state index in [0.29, 0.717) is 37.4 Å². The van der Waals surface area contributed by atoms with E-state index in [1.807, 2.05) is 13.8 Å². The summed E-state index contributed by atoms with van der Waals surface area (Å²) >= 11 is 1.30. The number of β-amino-alcohol motifs (C(OH)–C–C–N with tert-alkyl or cyclic N) is 1. The van der Waals surface area contributed by atoms with Crippen molar-refractivity contribution in [3.8, 4) is 0 Å². The van der Waals surface area contributed by atoms with E-state index < -0.39 is 5.54 Å². The Morgan fingerprint density at radius 1 is 1.35 bits per heavy atom. The maximum absolute atomic E-state index is 13.0. The number of aliphatic hydroxyl groups excluding tert-OH is 1. The van der Waals surface area contributed by atoms with Crippen LogP contribution in [0.5, 0.6) is 0 Å². The summed E-state index contributed by atoms with van der Waals surface area (Å²) in [6.07, 6.45) is 2.38. The van der Waals surface area contributed by atoms with Crippen LogP contribution in [0.25, 0.3) is 0 Å². The molecule has 3 heterocycles. The third-order valence-corrected chi connectivity index (χ3v) is 5.78. The molecule has 4 amide bonds. The standard InChI is InChI=1S/C17H24N4O4S/c1-12(2)10-21-16(25)20(7-8-22)15(24)17(21)3-5-19(6-4-17)14(23)13-9-18-11-26-13/h9,11-12,22H,3-8,10H2,1-2H3. The number of hydrogen-bond acceptors (Lipinski definition) is 6. The van der Waals surface area contributed by atoms with Gasteiger partial charge >= 0.3 is 6.03 Å². The number of aliphatic hydroxyl groups is 1. The predicted octanol–water partition coefficient (Wildman–Crippen LogP) is 1.03. The highest BCUT2D eigenvalue weighted by Gasteiger charge is 2.58. The molecule has 0 atom stereocenters. The van der Waals surface area contributed by atoms with Gasteiger partial charge in [-0.25, -0.2) is 4.79 Å². The Bertz CT molecular complexity index is 683. The lowest BCUT2D eigenvalue weighted by Gasteiger charge is -2.42. The largest absolute Gasteiger partial charge is 0.395 e. The second-order valence-corrected chi connectivity index (χ2v) is 8.04. The molecule has 1 N–H and O–H groups in total. The van der Waals surface area contributed by atoms with E-state index in [1.165, 1.54) is 11.3 Å². The third-order valence-electron chi connectivity index (χ3n) is 5.01. The Morgan fingerprint density at radius 2 is 2.04 bits per heavy atom. The molecule has 2 fully saturated rings. The van der Waals surface area contributed by atoms with Crippen LogP contribution in [0.3, 0.4) is 0 Å². The molecule has 2 aliphatic rings. The van der Waals surface area contributed by atoms with Crippen molar-refractivity contribution in [2.24, 2.45) is 5.92 Å². The molecular weight excluding hydrogens is 356 g/mol. The van der Waals surface area contributed by atoms with Gasteiger partial charge < -0.3 is 14.9 Å². The molecule has 0 bridgehead atoms. The summed E-state index contributed by atoms with van der Waals surface area (Å²) in [6.45, 7) is 5.08. The number of rotatable bonds is 5. The Balaban J connectivity index is 1.80. The summed E-state index contributed by atoms with van der Waals surface area (Å²) in [5.41, 5.74) is 0.718. The highest BCUT2D eigenvalue weighted by Crippen LogP contribution is 2.38. The highest BCUT2D eigenvalue weighted by atomic mass is 32.1. The van der Waals surface area contributed by atoms with Crippen molar-refractivity contribution in [2.45, 2.75) is 32.2 Å². The van der Waals surface area contributed by atoms with E-state index >= 15 is 0 Å². The molecule has 1 aromatic heterocycles. The molecule has 1 spiro atoms. The summed E-state index contributed by atoms with van der Waals surface area (Å²) in [4.78, 5) is 47.3. The number of hydrogen-bond donors (Lipinski definition) is 1. The number of carbonyl (C=O) groups excluding carboxylic acids is 3. The molecule has 3 rings (SSSR count). The zero-order valence-electron chi connectivity index (χ0n) is 15.1. The first-order valence-electron chi connectivity index (χ1n) is 8.83. The molecule has 142 valence electrons. The van der Waals surface area contributed by atoms with E-state index in [-0.39, 0.29) is 36.9 Å². The average Bonchev–Trinajstić information content (AvgIpc) is 3.21. The molecule has 0 aromatic carbocycles. The summed E-state index contributed by atoms with van der Waals surface area (Å²) in [5.74, 6) is -0.113. The third kappa shape index (κ3) is 3.09. The molecule has 2 aliphatic heterocycles. The van der Waals surface area contributed by atoms with Crippen LogP contribution < -0.4 is 0 Å². The van der Waals surface area contributed by atoms with Gasteiger partial charge in [-0.1, -0.05) is 13.8 Å². The summed E-state index contributed by atoms with van der Waals surface area (Å²) in [7, 11) is 0. The van der Waals surface area contributed by atoms with E-state index in [0.717, 1.165) is 4.90 Å². The quantitative estimate of drug-likeness (QED) is 0.770.